The van der Waals surface area contributed by atoms with Crippen molar-refractivity contribution in [3.8, 4) is 0 Å². The second-order valence-electron chi connectivity index (χ2n) is 0. The zero-order valence-corrected chi connectivity index (χ0v) is 5.05. The SMILES string of the molecule is F.F.F.F.F.F.[Ge].[LiH]. The number of hydrogen-bond acceptors (Lipinski definition) is 0. The Morgan fingerprint density at radius 2 is 0.375 bits per heavy atom. The summed E-state index contributed by atoms with van der Waals surface area (Å²) in [6, 6.07) is 0. The first-order valence-electron chi connectivity index (χ1n) is 0. The molecule has 0 fully saturated rings. The molecule has 0 aromatic heterocycles. The molecule has 4 radical (unpaired) electrons. The van der Waals surface area contributed by atoms with Gasteiger partial charge in [-0.2, -0.15) is 0 Å². The molecule has 0 nitrogen and oxygen atoms in total. The predicted octanol–water partition coefficient (Wildman–Crippen LogP) is -0.114. The molecule has 0 aromatic rings. The molecule has 0 aliphatic rings. The summed E-state index contributed by atoms with van der Waals surface area (Å²) in [7, 11) is 0. The molecule has 0 N–H and O–H groups in total. The van der Waals surface area contributed by atoms with Crippen LogP contribution >= 0.6 is 0 Å². The zero-order valence-electron chi connectivity index (χ0n) is 2.95. The normalized spacial score (nSPS) is 0. The average molecular weight is 201 g/mol. The van der Waals surface area contributed by atoms with Crippen LogP contribution in [0.15, 0.2) is 0 Å². The van der Waals surface area contributed by atoms with Crippen molar-refractivity contribution >= 4 is 36.5 Å². The van der Waals surface area contributed by atoms with E-state index in [2.05, 4.69) is 0 Å². The number of halogens is 6. The van der Waals surface area contributed by atoms with Crippen LogP contribution in [-0.2, 0) is 0 Å². The molecule has 8 heavy (non-hydrogen) atoms. The number of rotatable bonds is 0. The topological polar surface area (TPSA) is 0 Å². The Bertz CT molecular complexity index is 8.49. The van der Waals surface area contributed by atoms with Gasteiger partial charge in [-0.25, -0.2) is 0 Å². The molecule has 0 saturated carbocycles. The van der Waals surface area contributed by atoms with E-state index in [1.807, 2.05) is 0 Å². The van der Waals surface area contributed by atoms with Crippen molar-refractivity contribution in [2.75, 3.05) is 0 Å². The molecule has 0 atom stereocenters. The van der Waals surface area contributed by atoms with Gasteiger partial charge in [-0.3, -0.25) is 28.2 Å². The number of hydrogen-bond donors (Lipinski definition) is 0. The van der Waals surface area contributed by atoms with Gasteiger partial charge in [-0.1, -0.05) is 0 Å². The molecule has 0 rings (SSSR count). The minimum atomic E-state index is 0. The van der Waals surface area contributed by atoms with Crippen molar-refractivity contribution in [3.05, 3.63) is 0 Å². The van der Waals surface area contributed by atoms with Crippen LogP contribution in [0.4, 0.5) is 28.2 Å². The van der Waals surface area contributed by atoms with E-state index in [9.17, 15) is 0 Å². The molecule has 0 amide bonds. The molecule has 0 heterocycles. The Morgan fingerprint density at radius 1 is 0.375 bits per heavy atom. The van der Waals surface area contributed by atoms with Crippen LogP contribution in [-0.4, -0.2) is 36.5 Å². The molecule has 0 aromatic carbocycles. The van der Waals surface area contributed by atoms with Gasteiger partial charge in [0, 0.05) is 17.6 Å². The van der Waals surface area contributed by atoms with Crippen molar-refractivity contribution in [3.63, 3.8) is 0 Å². The van der Waals surface area contributed by atoms with Crippen LogP contribution in [0.2, 0.25) is 0 Å². The van der Waals surface area contributed by atoms with Gasteiger partial charge >= 0.3 is 18.9 Å². The first kappa shape index (κ1) is 1000. The molecule has 0 saturated heterocycles. The van der Waals surface area contributed by atoms with Gasteiger partial charge in [0.15, 0.2) is 0 Å². The summed E-state index contributed by atoms with van der Waals surface area (Å²) >= 11 is 0. The van der Waals surface area contributed by atoms with Crippen molar-refractivity contribution in [1.29, 1.82) is 0 Å². The standard InChI is InChI=1S/6FH.Ge.Li.H/h6*1H;;;. The summed E-state index contributed by atoms with van der Waals surface area (Å²) in [4.78, 5) is 0. The maximum atomic E-state index is 0. The van der Waals surface area contributed by atoms with Crippen LogP contribution in [0.1, 0.15) is 0 Å². The summed E-state index contributed by atoms with van der Waals surface area (Å²) in [5.74, 6) is 0. The maximum absolute atomic E-state index is 0. The fraction of sp³-hybridized carbons (Fsp3) is 0. The molecule has 0 spiro atoms. The van der Waals surface area contributed by atoms with Crippen molar-refractivity contribution in [2.24, 2.45) is 0 Å². The van der Waals surface area contributed by atoms with E-state index in [4.69, 9.17) is 0 Å². The van der Waals surface area contributed by atoms with Crippen LogP contribution in [0, 0.1) is 0 Å². The monoisotopic (exact) mass is 202 g/mol. The summed E-state index contributed by atoms with van der Waals surface area (Å²) in [6.07, 6.45) is 0. The van der Waals surface area contributed by atoms with Gasteiger partial charge in [0.25, 0.3) is 0 Å². The molecule has 0 unspecified atom stereocenters. The summed E-state index contributed by atoms with van der Waals surface area (Å²) in [5, 5.41) is 0. The Kier molecular flexibility index (Phi) is 84200. The Balaban J connectivity index is 0. The predicted molar refractivity (Wildman–Crippen MR) is 27.9 cm³/mol. The van der Waals surface area contributed by atoms with E-state index in [0.29, 0.717) is 0 Å². The van der Waals surface area contributed by atoms with Crippen molar-refractivity contribution in [1.82, 2.24) is 0 Å². The Hall–Kier alpha value is 0.720. The molecular formula is H7F6GeLi. The van der Waals surface area contributed by atoms with Crippen LogP contribution in [0.3, 0.4) is 0 Å². The van der Waals surface area contributed by atoms with Crippen molar-refractivity contribution < 1.29 is 28.2 Å². The van der Waals surface area contributed by atoms with E-state index in [1.54, 1.807) is 0 Å². The molecule has 0 aliphatic heterocycles. The summed E-state index contributed by atoms with van der Waals surface area (Å²) in [5.41, 5.74) is 0. The van der Waals surface area contributed by atoms with Gasteiger partial charge < -0.3 is 0 Å². The molecule has 0 bridgehead atoms. The summed E-state index contributed by atoms with van der Waals surface area (Å²) < 4.78 is 0. The van der Waals surface area contributed by atoms with Gasteiger partial charge in [-0.05, 0) is 0 Å². The second kappa shape index (κ2) is 672. The molecule has 0 aliphatic carbocycles. The Labute approximate surface area is 65.1 Å². The van der Waals surface area contributed by atoms with E-state index in [-0.39, 0.29) is 64.7 Å². The second-order valence-corrected chi connectivity index (χ2v) is 0. The van der Waals surface area contributed by atoms with E-state index < -0.39 is 0 Å². The molecule has 54 valence electrons. The summed E-state index contributed by atoms with van der Waals surface area (Å²) in [6.45, 7) is 0. The third-order valence-electron chi connectivity index (χ3n) is 0. The first-order valence-corrected chi connectivity index (χ1v) is 0. The third kappa shape index (κ3) is 424. The van der Waals surface area contributed by atoms with E-state index in [0.717, 1.165) is 0 Å². The van der Waals surface area contributed by atoms with Gasteiger partial charge in [-0.15, -0.1) is 0 Å². The van der Waals surface area contributed by atoms with Crippen molar-refractivity contribution in [2.45, 2.75) is 0 Å². The van der Waals surface area contributed by atoms with E-state index in [1.165, 1.54) is 0 Å². The zero-order chi connectivity index (χ0) is 0. The fourth-order valence-electron chi connectivity index (χ4n) is 0. The van der Waals surface area contributed by atoms with Gasteiger partial charge in [0.2, 0.25) is 0 Å². The quantitative estimate of drug-likeness (QED) is 0.378. The third-order valence-corrected chi connectivity index (χ3v) is 0. The minimum absolute atomic E-state index is 0. The molecular weight excluding hydrogens is 194 g/mol. The molecule has 8 heteroatoms. The van der Waals surface area contributed by atoms with Crippen LogP contribution in [0.5, 0.6) is 0 Å². The van der Waals surface area contributed by atoms with Crippen LogP contribution < -0.4 is 0 Å². The van der Waals surface area contributed by atoms with Gasteiger partial charge in [0.05, 0.1) is 0 Å². The first-order chi connectivity index (χ1) is 0. The average Bonchev–Trinajstić information content (AvgIpc) is 0. The Morgan fingerprint density at radius 3 is 0.375 bits per heavy atom. The van der Waals surface area contributed by atoms with Gasteiger partial charge in [0.1, 0.15) is 0 Å². The van der Waals surface area contributed by atoms with Crippen LogP contribution in [0.25, 0.3) is 0 Å². The van der Waals surface area contributed by atoms with E-state index >= 15 is 0 Å². The fourth-order valence-corrected chi connectivity index (χ4v) is 0.